The van der Waals surface area contributed by atoms with Gasteiger partial charge in [0.15, 0.2) is 0 Å². The zero-order chi connectivity index (χ0) is 13.1. The van der Waals surface area contributed by atoms with Crippen LogP contribution in [0.2, 0.25) is 0 Å². The number of unbranched alkanes of at least 4 members (excludes halogenated alkanes) is 5. The normalized spacial score (nSPS) is 9.59. The topological polar surface area (TPSA) is 52.6 Å². The Kier molecular flexibility index (Phi) is 9.11. The van der Waals surface area contributed by atoms with Gasteiger partial charge in [0.2, 0.25) is 0 Å². The molecule has 98 valence electrons. The van der Waals surface area contributed by atoms with Crippen LogP contribution in [0.25, 0.3) is 0 Å². The van der Waals surface area contributed by atoms with Crippen molar-refractivity contribution in [3.63, 3.8) is 0 Å². The first-order valence-electron chi connectivity index (χ1n) is 6.04. The van der Waals surface area contributed by atoms with Gasteiger partial charge in [0.1, 0.15) is 5.57 Å². The molecule has 0 aromatic rings. The van der Waals surface area contributed by atoms with E-state index in [1.54, 1.807) is 6.08 Å². The third kappa shape index (κ3) is 6.76. The van der Waals surface area contributed by atoms with Crippen molar-refractivity contribution in [3.8, 4) is 0 Å². The maximum Gasteiger partial charge on any atom is 0.344 e. The van der Waals surface area contributed by atoms with Gasteiger partial charge in [-0.15, -0.1) is 0 Å². The smallest absolute Gasteiger partial charge is 0.344 e. The Bertz CT molecular complexity index is 251. The molecule has 0 radical (unpaired) electrons. The summed E-state index contributed by atoms with van der Waals surface area (Å²) >= 11 is 0. The average molecular weight is 242 g/mol. The average Bonchev–Trinajstić information content (AvgIpc) is 2.36. The molecule has 0 bridgehead atoms. The van der Waals surface area contributed by atoms with Gasteiger partial charge in [-0.3, -0.25) is 0 Å². The lowest BCUT2D eigenvalue weighted by atomic mass is 10.1. The Labute approximate surface area is 103 Å². The van der Waals surface area contributed by atoms with Crippen LogP contribution in [0.3, 0.4) is 0 Å². The second-order valence-electron chi connectivity index (χ2n) is 3.80. The van der Waals surface area contributed by atoms with Crippen LogP contribution in [0.4, 0.5) is 0 Å². The van der Waals surface area contributed by atoms with E-state index in [2.05, 4.69) is 16.4 Å². The van der Waals surface area contributed by atoms with E-state index in [9.17, 15) is 9.59 Å². The Balaban J connectivity index is 4.12. The molecule has 0 saturated heterocycles. The minimum absolute atomic E-state index is 0.00880. The number of rotatable bonds is 8. The van der Waals surface area contributed by atoms with E-state index in [0.29, 0.717) is 6.42 Å². The number of hydrogen-bond acceptors (Lipinski definition) is 4. The third-order valence-electron chi connectivity index (χ3n) is 2.47. The van der Waals surface area contributed by atoms with Gasteiger partial charge in [-0.05, 0) is 12.8 Å². The van der Waals surface area contributed by atoms with Gasteiger partial charge < -0.3 is 9.47 Å². The fourth-order valence-corrected chi connectivity index (χ4v) is 1.46. The number of methoxy groups -OCH3 is 2. The minimum atomic E-state index is -0.634. The first-order chi connectivity index (χ1) is 8.17. The Hall–Kier alpha value is -1.32. The van der Waals surface area contributed by atoms with Crippen molar-refractivity contribution < 1.29 is 19.1 Å². The summed E-state index contributed by atoms with van der Waals surface area (Å²) in [7, 11) is 2.50. The lowest BCUT2D eigenvalue weighted by Crippen LogP contribution is -2.15. The fraction of sp³-hybridized carbons (Fsp3) is 0.692. The summed E-state index contributed by atoms with van der Waals surface area (Å²) < 4.78 is 9.05. The van der Waals surface area contributed by atoms with E-state index in [-0.39, 0.29) is 5.57 Å². The Morgan fingerprint density at radius 3 is 1.94 bits per heavy atom. The van der Waals surface area contributed by atoms with Crippen LogP contribution in [-0.4, -0.2) is 26.2 Å². The number of esters is 2. The molecule has 0 saturated carbocycles. The second-order valence-corrected chi connectivity index (χ2v) is 3.80. The highest BCUT2D eigenvalue weighted by atomic mass is 16.5. The van der Waals surface area contributed by atoms with Crippen molar-refractivity contribution in [2.45, 2.75) is 45.4 Å². The number of ether oxygens (including phenoxy) is 2. The van der Waals surface area contributed by atoms with Gasteiger partial charge in [0.25, 0.3) is 0 Å². The van der Waals surface area contributed by atoms with Crippen LogP contribution in [0, 0.1) is 0 Å². The van der Waals surface area contributed by atoms with Crippen molar-refractivity contribution in [2.24, 2.45) is 0 Å². The molecular formula is C13H22O4. The molecule has 0 N–H and O–H groups in total. The molecule has 0 aromatic carbocycles. The number of carbonyl (C=O) groups is 2. The van der Waals surface area contributed by atoms with Gasteiger partial charge in [-0.25, -0.2) is 9.59 Å². The SMILES string of the molecule is CCCCCCCC=C(C(=O)OC)C(=O)OC. The van der Waals surface area contributed by atoms with E-state index in [1.807, 2.05) is 0 Å². The minimum Gasteiger partial charge on any atom is -0.465 e. The molecule has 0 aromatic heterocycles. The van der Waals surface area contributed by atoms with Crippen molar-refractivity contribution in [1.82, 2.24) is 0 Å². The fourth-order valence-electron chi connectivity index (χ4n) is 1.46. The summed E-state index contributed by atoms with van der Waals surface area (Å²) in [6.07, 6.45) is 8.00. The molecule has 0 unspecified atom stereocenters. The maximum absolute atomic E-state index is 11.3. The molecule has 4 nitrogen and oxygen atoms in total. The first kappa shape index (κ1) is 15.7. The van der Waals surface area contributed by atoms with Crippen molar-refractivity contribution in [3.05, 3.63) is 11.6 Å². The number of hydrogen-bond donors (Lipinski definition) is 0. The van der Waals surface area contributed by atoms with Crippen LogP contribution >= 0.6 is 0 Å². The van der Waals surface area contributed by atoms with Crippen LogP contribution in [-0.2, 0) is 19.1 Å². The molecule has 0 rings (SSSR count). The summed E-state index contributed by atoms with van der Waals surface area (Å²) in [5, 5.41) is 0. The highest BCUT2D eigenvalue weighted by molar-refractivity contribution is 6.13. The molecule has 0 fully saturated rings. The Morgan fingerprint density at radius 2 is 1.47 bits per heavy atom. The molecule has 17 heavy (non-hydrogen) atoms. The van der Waals surface area contributed by atoms with Crippen LogP contribution in [0.1, 0.15) is 45.4 Å². The quantitative estimate of drug-likeness (QED) is 0.216. The zero-order valence-electron chi connectivity index (χ0n) is 11.0. The summed E-state index contributed by atoms with van der Waals surface area (Å²) in [5.74, 6) is -1.27. The predicted molar refractivity (Wildman–Crippen MR) is 65.5 cm³/mol. The molecule has 4 heteroatoms. The van der Waals surface area contributed by atoms with Crippen LogP contribution in [0.5, 0.6) is 0 Å². The third-order valence-corrected chi connectivity index (χ3v) is 2.47. The molecule has 0 amide bonds. The number of allylic oxidation sites excluding steroid dienone is 1. The molecule has 0 heterocycles. The van der Waals surface area contributed by atoms with Gasteiger partial charge in [0.05, 0.1) is 14.2 Å². The highest BCUT2D eigenvalue weighted by Crippen LogP contribution is 2.09. The second kappa shape index (κ2) is 9.87. The van der Waals surface area contributed by atoms with Crippen molar-refractivity contribution >= 4 is 11.9 Å². The molecule has 0 atom stereocenters. The standard InChI is InChI=1S/C13H22O4/c1-4-5-6-7-8-9-10-11(12(14)16-2)13(15)17-3/h10H,4-9H2,1-3H3. The summed E-state index contributed by atoms with van der Waals surface area (Å²) in [6.45, 7) is 2.16. The van der Waals surface area contributed by atoms with Gasteiger partial charge >= 0.3 is 11.9 Å². The monoisotopic (exact) mass is 242 g/mol. The number of carbonyl (C=O) groups excluding carboxylic acids is 2. The van der Waals surface area contributed by atoms with Crippen molar-refractivity contribution in [2.75, 3.05) is 14.2 Å². The van der Waals surface area contributed by atoms with Crippen LogP contribution in [0.15, 0.2) is 11.6 Å². The van der Waals surface area contributed by atoms with E-state index in [0.717, 1.165) is 12.8 Å². The van der Waals surface area contributed by atoms with Gasteiger partial charge in [-0.1, -0.05) is 38.7 Å². The van der Waals surface area contributed by atoms with E-state index in [4.69, 9.17) is 0 Å². The molecule has 0 spiro atoms. The van der Waals surface area contributed by atoms with E-state index in [1.165, 1.54) is 33.5 Å². The van der Waals surface area contributed by atoms with E-state index >= 15 is 0 Å². The largest absolute Gasteiger partial charge is 0.465 e. The molecule has 0 aliphatic heterocycles. The zero-order valence-corrected chi connectivity index (χ0v) is 11.0. The van der Waals surface area contributed by atoms with Gasteiger partial charge in [0, 0.05) is 0 Å². The lowest BCUT2D eigenvalue weighted by molar-refractivity contribution is -0.144. The van der Waals surface area contributed by atoms with Gasteiger partial charge in [-0.2, -0.15) is 0 Å². The Morgan fingerprint density at radius 1 is 0.941 bits per heavy atom. The summed E-state index contributed by atoms with van der Waals surface area (Å²) in [4.78, 5) is 22.6. The maximum atomic E-state index is 11.3. The van der Waals surface area contributed by atoms with Crippen molar-refractivity contribution in [1.29, 1.82) is 0 Å². The summed E-state index contributed by atoms with van der Waals surface area (Å²) in [6, 6.07) is 0. The van der Waals surface area contributed by atoms with E-state index < -0.39 is 11.9 Å². The molecular weight excluding hydrogens is 220 g/mol. The highest BCUT2D eigenvalue weighted by Gasteiger charge is 2.18. The van der Waals surface area contributed by atoms with Crippen LogP contribution < -0.4 is 0 Å². The molecule has 0 aliphatic carbocycles. The molecule has 0 aliphatic rings. The lowest BCUT2D eigenvalue weighted by Gasteiger charge is -2.03. The first-order valence-corrected chi connectivity index (χ1v) is 6.04. The summed E-state index contributed by atoms with van der Waals surface area (Å²) in [5.41, 5.74) is -0.00880. The predicted octanol–water partition coefficient (Wildman–Crippen LogP) is 2.62.